The van der Waals surface area contributed by atoms with Crippen LogP contribution >= 0.6 is 27.7 Å². The molecule has 4 nitrogen and oxygen atoms in total. The fraction of sp³-hybridized carbons (Fsp3) is 0.467. The van der Waals surface area contributed by atoms with Crippen LogP contribution in [0.15, 0.2) is 22.7 Å². The van der Waals surface area contributed by atoms with Gasteiger partial charge in [0.1, 0.15) is 6.04 Å². The Morgan fingerprint density at radius 3 is 2.62 bits per heavy atom. The van der Waals surface area contributed by atoms with E-state index in [1.54, 1.807) is 12.1 Å². The molecule has 1 aliphatic heterocycles. The van der Waals surface area contributed by atoms with Crippen molar-refractivity contribution >= 4 is 39.6 Å². The highest BCUT2D eigenvalue weighted by Crippen LogP contribution is 2.35. The van der Waals surface area contributed by atoms with Crippen LogP contribution in [-0.2, 0) is 4.79 Å². The van der Waals surface area contributed by atoms with Gasteiger partial charge in [-0.2, -0.15) is 0 Å². The van der Waals surface area contributed by atoms with Crippen LogP contribution in [0, 0.1) is 12.8 Å². The lowest BCUT2D eigenvalue weighted by Gasteiger charge is -2.29. The van der Waals surface area contributed by atoms with Crippen molar-refractivity contribution in [2.75, 3.05) is 5.75 Å². The molecule has 1 fully saturated rings. The fourth-order valence-electron chi connectivity index (χ4n) is 2.36. The minimum atomic E-state index is -0.940. The van der Waals surface area contributed by atoms with Crippen molar-refractivity contribution in [3.63, 3.8) is 0 Å². The molecule has 1 amide bonds. The highest BCUT2D eigenvalue weighted by molar-refractivity contribution is 9.10. The molecule has 0 radical (unpaired) electrons. The van der Waals surface area contributed by atoms with Crippen LogP contribution in [0.4, 0.5) is 0 Å². The largest absolute Gasteiger partial charge is 0.480 e. The Kier molecular flexibility index (Phi) is 4.99. The Hall–Kier alpha value is -1.01. The third-order valence-corrected chi connectivity index (χ3v) is 6.02. The second-order valence-corrected chi connectivity index (χ2v) is 7.50. The van der Waals surface area contributed by atoms with E-state index in [4.69, 9.17) is 0 Å². The van der Waals surface area contributed by atoms with Crippen molar-refractivity contribution in [3.05, 3.63) is 33.8 Å². The van der Waals surface area contributed by atoms with Crippen LogP contribution in [-0.4, -0.2) is 39.1 Å². The molecule has 0 saturated carbocycles. The van der Waals surface area contributed by atoms with E-state index >= 15 is 0 Å². The van der Waals surface area contributed by atoms with Gasteiger partial charge in [0, 0.05) is 15.8 Å². The lowest BCUT2D eigenvalue weighted by molar-refractivity contribution is -0.141. The highest BCUT2D eigenvalue weighted by atomic mass is 79.9. The monoisotopic (exact) mass is 371 g/mol. The summed E-state index contributed by atoms with van der Waals surface area (Å²) in [6, 6.07) is 4.62. The zero-order valence-electron chi connectivity index (χ0n) is 12.2. The normalized spacial score (nSPS) is 21.9. The van der Waals surface area contributed by atoms with Gasteiger partial charge < -0.3 is 10.0 Å². The Labute approximate surface area is 137 Å². The smallest absolute Gasteiger partial charge is 0.327 e. The summed E-state index contributed by atoms with van der Waals surface area (Å²) in [6.07, 6.45) is 0. The molecule has 2 unspecified atom stereocenters. The molecule has 1 saturated heterocycles. The SMILES string of the molecule is Cc1ccc(C(=O)N2C(C(=O)O)CSC2C(C)C)cc1Br. The zero-order chi connectivity index (χ0) is 15.7. The number of hydrogen-bond donors (Lipinski definition) is 1. The summed E-state index contributed by atoms with van der Waals surface area (Å²) < 4.78 is 0.855. The third-order valence-electron chi connectivity index (χ3n) is 3.54. The summed E-state index contributed by atoms with van der Waals surface area (Å²) >= 11 is 4.96. The van der Waals surface area contributed by atoms with Gasteiger partial charge in [-0.3, -0.25) is 4.79 Å². The van der Waals surface area contributed by atoms with Gasteiger partial charge in [0.05, 0.1) is 5.37 Å². The standard InChI is InChI=1S/C15H18BrNO3S/c1-8(2)14-17(12(7-21-14)15(19)20)13(18)10-5-4-9(3)11(16)6-10/h4-6,8,12,14H,7H2,1-3H3,(H,19,20). The van der Waals surface area contributed by atoms with Gasteiger partial charge in [-0.25, -0.2) is 4.79 Å². The van der Waals surface area contributed by atoms with Gasteiger partial charge in [-0.05, 0) is 30.5 Å². The maximum absolute atomic E-state index is 12.8. The first-order valence-corrected chi connectivity index (χ1v) is 8.60. The number of carbonyl (C=O) groups is 2. The Morgan fingerprint density at radius 2 is 2.10 bits per heavy atom. The molecule has 0 bridgehead atoms. The van der Waals surface area contributed by atoms with Crippen molar-refractivity contribution in [2.45, 2.75) is 32.2 Å². The van der Waals surface area contributed by atoms with E-state index in [1.165, 1.54) is 16.7 Å². The van der Waals surface area contributed by atoms with Crippen LogP contribution in [0.1, 0.15) is 29.8 Å². The molecule has 0 aromatic heterocycles. The number of thioether (sulfide) groups is 1. The second kappa shape index (κ2) is 6.40. The molecule has 2 rings (SSSR count). The predicted molar refractivity (Wildman–Crippen MR) is 87.6 cm³/mol. The van der Waals surface area contributed by atoms with Gasteiger partial charge in [0.2, 0.25) is 0 Å². The van der Waals surface area contributed by atoms with Crippen molar-refractivity contribution in [2.24, 2.45) is 5.92 Å². The number of rotatable bonds is 3. The predicted octanol–water partition coefficient (Wildman–Crippen LogP) is 3.38. The molecule has 1 aromatic carbocycles. The van der Waals surface area contributed by atoms with Gasteiger partial charge in [0.15, 0.2) is 0 Å². The van der Waals surface area contributed by atoms with E-state index in [2.05, 4.69) is 15.9 Å². The lowest BCUT2D eigenvalue weighted by Crippen LogP contribution is -2.47. The number of benzene rings is 1. The van der Waals surface area contributed by atoms with Gasteiger partial charge in [-0.1, -0.05) is 35.8 Å². The average molecular weight is 372 g/mol. The number of halogens is 1. The van der Waals surface area contributed by atoms with Crippen molar-refractivity contribution < 1.29 is 14.7 Å². The number of carboxylic acids is 1. The molecule has 21 heavy (non-hydrogen) atoms. The number of amides is 1. The number of nitrogens with zero attached hydrogens (tertiary/aromatic N) is 1. The molecular formula is C15H18BrNO3S. The molecule has 1 heterocycles. The topological polar surface area (TPSA) is 57.6 Å². The summed E-state index contributed by atoms with van der Waals surface area (Å²) in [5, 5.41) is 9.26. The quantitative estimate of drug-likeness (QED) is 0.884. The summed E-state index contributed by atoms with van der Waals surface area (Å²) in [5.41, 5.74) is 1.56. The number of carbonyl (C=O) groups excluding carboxylic acids is 1. The maximum Gasteiger partial charge on any atom is 0.327 e. The minimum absolute atomic E-state index is 0.0984. The Bertz CT molecular complexity index is 576. The van der Waals surface area contributed by atoms with Crippen LogP contribution in [0.3, 0.4) is 0 Å². The van der Waals surface area contributed by atoms with Crippen LogP contribution in [0.25, 0.3) is 0 Å². The van der Waals surface area contributed by atoms with E-state index in [-0.39, 0.29) is 17.2 Å². The fourth-order valence-corrected chi connectivity index (χ4v) is 4.21. The molecule has 6 heteroatoms. The number of hydrogen-bond acceptors (Lipinski definition) is 3. The first kappa shape index (κ1) is 16.4. The number of aliphatic carboxylic acids is 1. The zero-order valence-corrected chi connectivity index (χ0v) is 14.6. The number of carboxylic acid groups (broad SMARTS) is 1. The molecule has 2 atom stereocenters. The summed E-state index contributed by atoms with van der Waals surface area (Å²) in [6.45, 7) is 5.96. The minimum Gasteiger partial charge on any atom is -0.480 e. The van der Waals surface area contributed by atoms with Gasteiger partial charge in [0.25, 0.3) is 5.91 Å². The summed E-state index contributed by atoms with van der Waals surface area (Å²) in [5.74, 6) is -0.508. The van der Waals surface area contributed by atoms with Crippen molar-refractivity contribution in [3.8, 4) is 0 Å². The number of aryl methyl sites for hydroxylation is 1. The molecular weight excluding hydrogens is 354 g/mol. The Morgan fingerprint density at radius 1 is 1.43 bits per heavy atom. The molecule has 0 aliphatic carbocycles. The average Bonchev–Trinajstić information content (AvgIpc) is 2.86. The summed E-state index contributed by atoms with van der Waals surface area (Å²) in [4.78, 5) is 25.7. The van der Waals surface area contributed by atoms with Crippen LogP contribution in [0.2, 0.25) is 0 Å². The maximum atomic E-state index is 12.8. The highest BCUT2D eigenvalue weighted by Gasteiger charge is 2.43. The van der Waals surface area contributed by atoms with Crippen molar-refractivity contribution in [1.82, 2.24) is 4.90 Å². The van der Waals surface area contributed by atoms with Gasteiger partial charge in [-0.15, -0.1) is 11.8 Å². The third kappa shape index (κ3) is 3.26. The lowest BCUT2D eigenvalue weighted by atomic mass is 10.1. The molecule has 1 aliphatic rings. The van der Waals surface area contributed by atoms with Crippen molar-refractivity contribution in [1.29, 1.82) is 0 Å². The van der Waals surface area contributed by atoms with E-state index in [0.29, 0.717) is 11.3 Å². The van der Waals surface area contributed by atoms with Gasteiger partial charge >= 0.3 is 5.97 Å². The van der Waals surface area contributed by atoms with Crippen LogP contribution < -0.4 is 0 Å². The molecule has 1 aromatic rings. The molecule has 1 N–H and O–H groups in total. The molecule has 0 spiro atoms. The second-order valence-electron chi connectivity index (χ2n) is 5.50. The Balaban J connectivity index is 2.36. The van der Waals surface area contributed by atoms with E-state index in [0.717, 1.165) is 10.0 Å². The first-order valence-electron chi connectivity index (χ1n) is 6.76. The summed E-state index contributed by atoms with van der Waals surface area (Å²) in [7, 11) is 0. The van der Waals surface area contributed by atoms with E-state index < -0.39 is 12.0 Å². The van der Waals surface area contributed by atoms with E-state index in [9.17, 15) is 14.7 Å². The molecule has 114 valence electrons. The van der Waals surface area contributed by atoms with Crippen LogP contribution in [0.5, 0.6) is 0 Å². The first-order chi connectivity index (χ1) is 9.82. The van der Waals surface area contributed by atoms with E-state index in [1.807, 2.05) is 26.8 Å².